The van der Waals surface area contributed by atoms with Crippen molar-refractivity contribution in [2.24, 2.45) is 0 Å². The summed E-state index contributed by atoms with van der Waals surface area (Å²) in [6, 6.07) is 84.7. The van der Waals surface area contributed by atoms with Gasteiger partial charge in [-0.2, -0.15) is 5.26 Å². The predicted molar refractivity (Wildman–Crippen MR) is 305 cm³/mol. The van der Waals surface area contributed by atoms with E-state index in [0.717, 1.165) is 140 Å². The first-order valence-electron chi connectivity index (χ1n) is 25.3. The third-order valence-corrected chi connectivity index (χ3v) is 15.4. The Morgan fingerprint density at radius 2 is 0.865 bits per heavy atom. The van der Waals surface area contributed by atoms with Gasteiger partial charge in [-0.15, -0.1) is 0 Å². The molecule has 0 amide bonds. The van der Waals surface area contributed by atoms with Gasteiger partial charge in [-0.1, -0.05) is 164 Å². The molecule has 2 aromatic heterocycles. The summed E-state index contributed by atoms with van der Waals surface area (Å²) in [7, 11) is 0. The van der Waals surface area contributed by atoms with Crippen LogP contribution < -0.4 is 15.1 Å². The molecule has 0 aliphatic carbocycles. The molecule has 3 heterocycles. The molecule has 0 radical (unpaired) electrons. The van der Waals surface area contributed by atoms with Gasteiger partial charge < -0.3 is 24.0 Å². The maximum atomic E-state index is 10.3. The lowest BCUT2D eigenvalue weighted by Gasteiger charge is -2.32. The Morgan fingerprint density at radius 1 is 0.405 bits per heavy atom. The van der Waals surface area contributed by atoms with E-state index in [1.165, 1.54) is 10.9 Å². The summed E-state index contributed by atoms with van der Waals surface area (Å²) in [4.78, 5) is 4.79. The minimum atomic E-state index is 0.314. The zero-order chi connectivity index (χ0) is 48.9. The smallest absolute Gasteiger partial charge is 0.159 e. The van der Waals surface area contributed by atoms with Gasteiger partial charge in [-0.25, -0.2) is 0 Å². The van der Waals surface area contributed by atoms with E-state index in [-0.39, 0.29) is 0 Å². The average Bonchev–Trinajstić information content (AvgIpc) is 4.05. The van der Waals surface area contributed by atoms with E-state index < -0.39 is 0 Å². The van der Waals surface area contributed by atoms with Gasteiger partial charge in [0, 0.05) is 49.5 Å². The third-order valence-electron chi connectivity index (χ3n) is 15.4. The maximum Gasteiger partial charge on any atom is 0.159 e. The number of hydrogen-bond acceptors (Lipinski definition) is 6. The second-order valence-electron chi connectivity index (χ2n) is 19.4. The molecular formula is C68H44N4O2. The Hall–Kier alpha value is -9.67. The molecule has 1 atom stereocenters. The molecule has 0 spiro atoms. The van der Waals surface area contributed by atoms with Crippen LogP contribution >= 0.6 is 0 Å². The van der Waals surface area contributed by atoms with E-state index in [1.54, 1.807) is 0 Å². The molecule has 1 fully saturated rings. The van der Waals surface area contributed by atoms with Gasteiger partial charge in [0.25, 0.3) is 0 Å². The van der Waals surface area contributed by atoms with Gasteiger partial charge in [-0.05, 0) is 118 Å². The highest BCUT2D eigenvalue weighted by Gasteiger charge is 2.29. The van der Waals surface area contributed by atoms with Crippen molar-refractivity contribution in [2.45, 2.75) is 12.5 Å². The zero-order valence-electron chi connectivity index (χ0n) is 40.1. The van der Waals surface area contributed by atoms with Crippen molar-refractivity contribution in [1.82, 2.24) is 5.32 Å². The molecule has 14 aromatic rings. The van der Waals surface area contributed by atoms with Crippen LogP contribution in [0.1, 0.15) is 23.6 Å². The van der Waals surface area contributed by atoms with Crippen LogP contribution in [0.25, 0.3) is 98.4 Å². The van der Waals surface area contributed by atoms with Crippen LogP contribution in [-0.2, 0) is 0 Å². The summed E-state index contributed by atoms with van der Waals surface area (Å²) < 4.78 is 13.8. The highest BCUT2D eigenvalue weighted by Crippen LogP contribution is 2.53. The molecule has 1 N–H and O–H groups in total. The number of nitrogens with zero attached hydrogens (tertiary/aromatic N) is 3. The van der Waals surface area contributed by atoms with E-state index in [9.17, 15) is 5.26 Å². The van der Waals surface area contributed by atoms with Crippen LogP contribution in [0.4, 0.5) is 34.1 Å². The van der Waals surface area contributed by atoms with E-state index >= 15 is 0 Å². The van der Waals surface area contributed by atoms with Gasteiger partial charge in [0.05, 0.1) is 45.8 Å². The van der Waals surface area contributed by atoms with Crippen LogP contribution in [0.15, 0.2) is 239 Å². The van der Waals surface area contributed by atoms with Crippen molar-refractivity contribution in [3.05, 3.63) is 242 Å². The fourth-order valence-electron chi connectivity index (χ4n) is 11.8. The number of para-hydroxylation sites is 4. The molecule has 15 rings (SSSR count). The van der Waals surface area contributed by atoms with Crippen LogP contribution in [0.2, 0.25) is 0 Å². The minimum Gasteiger partial charge on any atom is -0.454 e. The summed E-state index contributed by atoms with van der Waals surface area (Å²) in [6.07, 6.45) is 1.11. The summed E-state index contributed by atoms with van der Waals surface area (Å²) in [5.74, 6) is 0. The fraction of sp³-hybridized carbons (Fsp3) is 0.0441. The molecule has 12 aromatic carbocycles. The van der Waals surface area contributed by atoms with Crippen LogP contribution in [-0.4, -0.2) is 6.54 Å². The van der Waals surface area contributed by atoms with Crippen LogP contribution in [0.3, 0.4) is 0 Å². The van der Waals surface area contributed by atoms with Crippen molar-refractivity contribution in [3.63, 3.8) is 0 Å². The number of anilines is 6. The molecule has 74 heavy (non-hydrogen) atoms. The van der Waals surface area contributed by atoms with Crippen molar-refractivity contribution in [2.75, 3.05) is 16.3 Å². The van der Waals surface area contributed by atoms with Crippen molar-refractivity contribution in [1.29, 1.82) is 5.26 Å². The largest absolute Gasteiger partial charge is 0.454 e. The van der Waals surface area contributed by atoms with Gasteiger partial charge in [0.2, 0.25) is 0 Å². The SMILES string of the molecule is N#Cc1ccc(N(c2ccc3ccc4c(N(c5ccc(C6CCN6)cc5-c5ccccc5)c5cccc6c5oc5ccccc56)ccc5ccc2c3c54)c2cccc3c2oc2ccccc23)c(-c2ccccc2)c1. The molecule has 0 bridgehead atoms. The number of hydrogen-bond donors (Lipinski definition) is 1. The summed E-state index contributed by atoms with van der Waals surface area (Å²) >= 11 is 0. The van der Waals surface area contributed by atoms with Crippen molar-refractivity contribution >= 4 is 110 Å². The molecule has 1 saturated heterocycles. The first kappa shape index (κ1) is 42.1. The molecule has 1 aliphatic heterocycles. The fourth-order valence-corrected chi connectivity index (χ4v) is 11.8. The number of nitriles is 1. The highest BCUT2D eigenvalue weighted by molar-refractivity contribution is 6.29. The first-order chi connectivity index (χ1) is 36.7. The maximum absolute atomic E-state index is 10.3. The number of nitrogens with one attached hydrogen (secondary N) is 1. The Balaban J connectivity index is 1.02. The second-order valence-corrected chi connectivity index (χ2v) is 19.4. The Labute approximate surface area is 426 Å². The molecule has 0 saturated carbocycles. The van der Waals surface area contributed by atoms with Gasteiger partial charge in [0.1, 0.15) is 11.2 Å². The highest BCUT2D eigenvalue weighted by atomic mass is 16.3. The van der Waals surface area contributed by atoms with Gasteiger partial charge >= 0.3 is 0 Å². The van der Waals surface area contributed by atoms with E-state index in [0.29, 0.717) is 11.6 Å². The van der Waals surface area contributed by atoms with E-state index in [2.05, 4.69) is 215 Å². The number of fused-ring (bicyclic) bond motifs is 6. The normalized spacial score (nSPS) is 13.6. The predicted octanol–water partition coefficient (Wildman–Crippen LogP) is 18.6. The average molecular weight is 949 g/mol. The van der Waals surface area contributed by atoms with Gasteiger partial charge in [0.15, 0.2) is 11.2 Å². The van der Waals surface area contributed by atoms with Crippen molar-refractivity contribution in [3.8, 4) is 28.3 Å². The molecule has 1 unspecified atom stereocenters. The monoisotopic (exact) mass is 948 g/mol. The molecule has 6 nitrogen and oxygen atoms in total. The topological polar surface area (TPSA) is 68.6 Å². The lowest BCUT2D eigenvalue weighted by molar-refractivity contribution is 0.383. The summed E-state index contributed by atoms with van der Waals surface area (Å²) in [5.41, 5.74) is 15.3. The van der Waals surface area contributed by atoms with Crippen LogP contribution in [0.5, 0.6) is 0 Å². The van der Waals surface area contributed by atoms with Crippen LogP contribution in [0, 0.1) is 11.3 Å². The van der Waals surface area contributed by atoms with E-state index in [1.807, 2.05) is 36.4 Å². The molecule has 6 heteroatoms. The Bertz CT molecular complexity index is 4560. The lowest BCUT2D eigenvalue weighted by Crippen LogP contribution is -2.34. The van der Waals surface area contributed by atoms with Crippen molar-refractivity contribution < 1.29 is 8.83 Å². The Kier molecular flexibility index (Phi) is 9.50. The summed E-state index contributed by atoms with van der Waals surface area (Å²) in [6.45, 7) is 1.02. The molecule has 348 valence electrons. The first-order valence-corrected chi connectivity index (χ1v) is 25.3. The number of benzene rings is 12. The zero-order valence-corrected chi connectivity index (χ0v) is 40.1. The third kappa shape index (κ3) is 6.47. The lowest BCUT2D eigenvalue weighted by atomic mass is 9.90. The molecule has 1 aliphatic rings. The molecular weight excluding hydrogens is 905 g/mol. The Morgan fingerprint density at radius 3 is 1.38 bits per heavy atom. The quantitative estimate of drug-likeness (QED) is 0.145. The number of rotatable bonds is 9. The van der Waals surface area contributed by atoms with Gasteiger partial charge in [-0.3, -0.25) is 0 Å². The second kappa shape index (κ2) is 16.7. The van der Waals surface area contributed by atoms with E-state index in [4.69, 9.17) is 8.83 Å². The summed E-state index contributed by atoms with van der Waals surface area (Å²) in [5, 5.41) is 25.0. The standard InChI is InChI=1S/C68H44N4O2/c69-41-42-25-33-59(54(39-42)43-13-3-1-4-14-43)71(61-21-11-19-50-48-17-7-9-23-63(48)73-67(50)61)57-34-28-45-27-32-53-58(35-29-46-26-31-52(57)65(45)66(46)53)72(62-22-12-20-51-49-18-8-10-24-64(49)74-68(51)62)60-36-30-47(56-37-38-70-56)40-55(60)44-15-5-2-6-16-44/h1-36,39-40,56,70H,37-38H2. The number of furan rings is 2. The minimum absolute atomic E-state index is 0.314.